The van der Waals surface area contributed by atoms with Gasteiger partial charge in [0, 0.05) is 11.8 Å². The summed E-state index contributed by atoms with van der Waals surface area (Å²) in [7, 11) is 0. The number of carbonyl (C=O) groups is 2. The molecule has 0 saturated carbocycles. The maximum atomic E-state index is 13.1. The third-order valence-electron chi connectivity index (χ3n) is 5.91. The topological polar surface area (TPSA) is 66.8 Å². The predicted octanol–water partition coefficient (Wildman–Crippen LogP) is 3.20. The fourth-order valence-electron chi connectivity index (χ4n) is 3.98. The summed E-state index contributed by atoms with van der Waals surface area (Å²) in [5, 5.41) is 10.2. The van der Waals surface area contributed by atoms with Crippen molar-refractivity contribution < 1.29 is 19.4 Å². The summed E-state index contributed by atoms with van der Waals surface area (Å²) >= 11 is 0. The molecule has 1 amide bonds. The average Bonchev–Trinajstić information content (AvgIpc) is 2.95. The van der Waals surface area contributed by atoms with Crippen molar-refractivity contribution >= 4 is 11.9 Å². The number of ether oxygens (including phenoxy) is 1. The lowest BCUT2D eigenvalue weighted by molar-refractivity contribution is -0.155. The molecule has 0 aliphatic carbocycles. The smallest absolute Gasteiger partial charge is 0.355 e. The summed E-state index contributed by atoms with van der Waals surface area (Å²) in [5.74, 6) is -0.673. The van der Waals surface area contributed by atoms with Crippen LogP contribution in [0.3, 0.4) is 0 Å². The van der Waals surface area contributed by atoms with Crippen LogP contribution in [-0.2, 0) is 14.3 Å². The summed E-state index contributed by atoms with van der Waals surface area (Å²) in [6.45, 7) is 3.55. The molecule has 2 aromatic rings. The number of aliphatic hydroxyl groups is 1. The summed E-state index contributed by atoms with van der Waals surface area (Å²) in [5.41, 5.74) is 1.27. The Bertz CT molecular complexity index is 883. The quantitative estimate of drug-likeness (QED) is 0.642. The van der Waals surface area contributed by atoms with Gasteiger partial charge in [0.2, 0.25) is 5.91 Å². The highest BCUT2D eigenvalue weighted by Gasteiger charge is 2.57. The first-order valence-electron chi connectivity index (χ1n) is 9.45. The van der Waals surface area contributed by atoms with Crippen LogP contribution in [0.15, 0.2) is 72.4 Å². The number of fused-ring (bicyclic) bond motifs is 1. The van der Waals surface area contributed by atoms with Gasteiger partial charge in [-0.25, -0.2) is 4.79 Å². The molecule has 4 rings (SSSR count). The minimum atomic E-state index is -0.683. The van der Waals surface area contributed by atoms with Crippen LogP contribution in [0.1, 0.15) is 37.5 Å². The molecule has 1 unspecified atom stereocenters. The SMILES string of the molecule is C[C@@H](O)C1(C)C=C(C(=O)OC(c2ccccc2)c2ccccc2)N2C(=O)C[C@H]21. The molecule has 0 spiro atoms. The number of nitrogens with zero attached hydrogens (tertiary/aromatic N) is 1. The molecule has 2 heterocycles. The zero-order valence-corrected chi connectivity index (χ0v) is 15.9. The second-order valence-electron chi connectivity index (χ2n) is 7.66. The largest absolute Gasteiger partial charge is 0.448 e. The van der Waals surface area contributed by atoms with E-state index in [-0.39, 0.29) is 17.6 Å². The molecule has 3 atom stereocenters. The molecule has 0 radical (unpaired) electrons. The summed E-state index contributed by atoms with van der Waals surface area (Å²) in [6.07, 6.45) is 0.763. The van der Waals surface area contributed by atoms with Gasteiger partial charge in [-0.3, -0.25) is 4.79 Å². The molecule has 0 bridgehead atoms. The number of hydrogen-bond acceptors (Lipinski definition) is 4. The standard InChI is InChI=1S/C23H23NO4/c1-15(25)23(2)14-18(24-19(23)13-20(24)26)22(27)28-21(16-9-5-3-6-10-16)17-11-7-4-8-12-17/h3-12,14-15,19,21,25H,13H2,1-2H3/t15-,19+,23?/m1/s1. The average molecular weight is 377 g/mol. The molecule has 2 aromatic carbocycles. The van der Waals surface area contributed by atoms with Crippen molar-refractivity contribution in [3.8, 4) is 0 Å². The number of β-lactam (4-membered cyclic amide) rings is 1. The maximum absolute atomic E-state index is 13.1. The van der Waals surface area contributed by atoms with Gasteiger partial charge in [0.15, 0.2) is 6.10 Å². The van der Waals surface area contributed by atoms with Crippen LogP contribution in [0, 0.1) is 5.41 Å². The Kier molecular flexibility index (Phi) is 4.55. The van der Waals surface area contributed by atoms with Crippen molar-refractivity contribution in [2.75, 3.05) is 0 Å². The number of aliphatic hydroxyl groups excluding tert-OH is 1. The van der Waals surface area contributed by atoms with Crippen LogP contribution >= 0.6 is 0 Å². The molecular formula is C23H23NO4. The first-order valence-corrected chi connectivity index (χ1v) is 9.45. The van der Waals surface area contributed by atoms with Crippen molar-refractivity contribution in [3.63, 3.8) is 0 Å². The molecule has 144 valence electrons. The third kappa shape index (κ3) is 2.92. The zero-order chi connectivity index (χ0) is 19.9. The number of benzene rings is 2. The van der Waals surface area contributed by atoms with Crippen molar-refractivity contribution in [3.05, 3.63) is 83.6 Å². The lowest BCUT2D eigenvalue weighted by Crippen LogP contribution is -2.57. The van der Waals surface area contributed by atoms with Gasteiger partial charge in [-0.2, -0.15) is 0 Å². The number of esters is 1. The highest BCUT2D eigenvalue weighted by Crippen LogP contribution is 2.48. The maximum Gasteiger partial charge on any atom is 0.355 e. The van der Waals surface area contributed by atoms with Crippen LogP contribution in [-0.4, -0.2) is 34.0 Å². The van der Waals surface area contributed by atoms with Gasteiger partial charge in [-0.1, -0.05) is 67.6 Å². The number of hydrogen-bond donors (Lipinski definition) is 1. The molecular weight excluding hydrogens is 354 g/mol. The molecule has 2 aliphatic heterocycles. The fraction of sp³-hybridized carbons (Fsp3) is 0.304. The van der Waals surface area contributed by atoms with Crippen LogP contribution in [0.2, 0.25) is 0 Å². The third-order valence-corrected chi connectivity index (χ3v) is 5.91. The van der Waals surface area contributed by atoms with Gasteiger partial charge in [-0.15, -0.1) is 0 Å². The Morgan fingerprint density at radius 1 is 1.11 bits per heavy atom. The van der Waals surface area contributed by atoms with Crippen molar-refractivity contribution in [1.82, 2.24) is 4.90 Å². The lowest BCUT2D eigenvalue weighted by Gasteiger charge is -2.44. The van der Waals surface area contributed by atoms with E-state index in [1.165, 1.54) is 4.90 Å². The number of carbonyl (C=O) groups excluding carboxylic acids is 2. The van der Waals surface area contributed by atoms with E-state index in [1.807, 2.05) is 67.6 Å². The van der Waals surface area contributed by atoms with E-state index in [0.29, 0.717) is 6.42 Å². The van der Waals surface area contributed by atoms with Gasteiger partial charge >= 0.3 is 5.97 Å². The van der Waals surface area contributed by atoms with Crippen molar-refractivity contribution in [2.45, 2.75) is 38.5 Å². The van der Waals surface area contributed by atoms with E-state index in [4.69, 9.17) is 4.74 Å². The van der Waals surface area contributed by atoms with E-state index in [9.17, 15) is 14.7 Å². The van der Waals surface area contributed by atoms with Crippen LogP contribution in [0.25, 0.3) is 0 Å². The van der Waals surface area contributed by atoms with Gasteiger partial charge < -0.3 is 14.7 Å². The van der Waals surface area contributed by atoms with Gasteiger partial charge in [0.25, 0.3) is 0 Å². The monoisotopic (exact) mass is 377 g/mol. The summed E-state index contributed by atoms with van der Waals surface area (Å²) in [4.78, 5) is 26.7. The van der Waals surface area contributed by atoms with Gasteiger partial charge in [0.05, 0.1) is 12.1 Å². The molecule has 1 fully saturated rings. The van der Waals surface area contributed by atoms with Gasteiger partial charge in [-0.05, 0) is 24.1 Å². The fourth-order valence-corrected chi connectivity index (χ4v) is 3.98. The highest BCUT2D eigenvalue weighted by molar-refractivity contribution is 5.99. The Morgan fingerprint density at radius 2 is 1.64 bits per heavy atom. The Hall–Kier alpha value is -2.92. The first kappa shape index (κ1) is 18.4. The second kappa shape index (κ2) is 6.91. The van der Waals surface area contributed by atoms with E-state index >= 15 is 0 Å². The first-order chi connectivity index (χ1) is 13.4. The minimum Gasteiger partial charge on any atom is -0.448 e. The molecule has 0 aromatic heterocycles. The molecule has 1 N–H and O–H groups in total. The van der Waals surface area contributed by atoms with E-state index < -0.39 is 23.6 Å². The summed E-state index contributed by atoms with van der Waals surface area (Å²) < 4.78 is 5.90. The predicted molar refractivity (Wildman–Crippen MR) is 104 cm³/mol. The lowest BCUT2D eigenvalue weighted by atomic mass is 9.75. The van der Waals surface area contributed by atoms with Crippen molar-refractivity contribution in [1.29, 1.82) is 0 Å². The van der Waals surface area contributed by atoms with Crippen LogP contribution < -0.4 is 0 Å². The normalized spacial score (nSPS) is 24.4. The zero-order valence-electron chi connectivity index (χ0n) is 15.9. The van der Waals surface area contributed by atoms with E-state index in [1.54, 1.807) is 13.0 Å². The van der Waals surface area contributed by atoms with Crippen molar-refractivity contribution in [2.24, 2.45) is 5.41 Å². The Labute approximate surface area is 164 Å². The highest BCUT2D eigenvalue weighted by atomic mass is 16.5. The Morgan fingerprint density at radius 3 is 2.11 bits per heavy atom. The number of amides is 1. The van der Waals surface area contributed by atoms with E-state index in [2.05, 4.69) is 0 Å². The number of rotatable bonds is 5. The van der Waals surface area contributed by atoms with E-state index in [0.717, 1.165) is 11.1 Å². The van der Waals surface area contributed by atoms with Gasteiger partial charge in [0.1, 0.15) is 5.70 Å². The Balaban J connectivity index is 1.66. The molecule has 2 aliphatic rings. The second-order valence-corrected chi connectivity index (χ2v) is 7.66. The molecule has 1 saturated heterocycles. The minimum absolute atomic E-state index is 0.117. The van der Waals surface area contributed by atoms with Crippen LogP contribution in [0.4, 0.5) is 0 Å². The van der Waals surface area contributed by atoms with Crippen LogP contribution in [0.5, 0.6) is 0 Å². The molecule has 5 nitrogen and oxygen atoms in total. The molecule has 5 heteroatoms. The summed E-state index contributed by atoms with van der Waals surface area (Å²) in [6, 6.07) is 18.8. The molecule has 28 heavy (non-hydrogen) atoms.